The summed E-state index contributed by atoms with van der Waals surface area (Å²) in [6.45, 7) is 1.51. The third-order valence-corrected chi connectivity index (χ3v) is 6.53. The Labute approximate surface area is 212 Å². The molecule has 0 spiro atoms. The van der Waals surface area contributed by atoms with E-state index in [4.69, 9.17) is 9.72 Å². The third kappa shape index (κ3) is 4.77. The van der Waals surface area contributed by atoms with Crippen molar-refractivity contribution in [2.75, 3.05) is 18.5 Å². The normalized spacial score (nSPS) is 13.7. The maximum atomic E-state index is 11.7. The number of aliphatic carboxylic acids is 1. The maximum absolute atomic E-state index is 11.7. The zero-order chi connectivity index (χ0) is 25.2. The molecule has 6 rings (SSSR count). The van der Waals surface area contributed by atoms with Gasteiger partial charge in [-0.3, -0.25) is 19.4 Å². The second kappa shape index (κ2) is 9.81. The van der Waals surface area contributed by atoms with E-state index < -0.39 is 12.0 Å². The number of aromatic nitrogens is 6. The van der Waals surface area contributed by atoms with Crippen LogP contribution in [0.15, 0.2) is 61.2 Å². The number of pyridine rings is 2. The molecule has 0 radical (unpaired) electrons. The molecule has 10 heteroatoms. The molecule has 0 saturated heterocycles. The van der Waals surface area contributed by atoms with Crippen molar-refractivity contribution in [1.82, 2.24) is 29.7 Å². The van der Waals surface area contributed by atoms with Crippen LogP contribution in [0.3, 0.4) is 0 Å². The highest BCUT2D eigenvalue weighted by Crippen LogP contribution is 2.29. The van der Waals surface area contributed by atoms with Crippen LogP contribution in [-0.2, 0) is 17.6 Å². The molecule has 0 fully saturated rings. The molecule has 5 heterocycles. The first-order chi connectivity index (χ1) is 18.1. The van der Waals surface area contributed by atoms with E-state index in [1.165, 1.54) is 0 Å². The molecule has 1 aromatic carbocycles. The van der Waals surface area contributed by atoms with Crippen LogP contribution in [0.1, 0.15) is 35.8 Å². The van der Waals surface area contributed by atoms with Gasteiger partial charge in [0.2, 0.25) is 0 Å². The fraction of sp³-hybridized carbons (Fsp3) is 0.259. The van der Waals surface area contributed by atoms with E-state index in [0.29, 0.717) is 29.8 Å². The van der Waals surface area contributed by atoms with Crippen molar-refractivity contribution < 1.29 is 14.6 Å². The van der Waals surface area contributed by atoms with Gasteiger partial charge in [-0.1, -0.05) is 0 Å². The number of hydrogen-bond acceptors (Lipinski definition) is 8. The van der Waals surface area contributed by atoms with E-state index in [1.54, 1.807) is 29.5 Å². The smallest absolute Gasteiger partial charge is 0.305 e. The molecule has 0 amide bonds. The molecule has 5 aromatic rings. The van der Waals surface area contributed by atoms with Gasteiger partial charge in [-0.05, 0) is 54.8 Å². The minimum atomic E-state index is -0.931. The number of fused-ring (bicyclic) bond motifs is 3. The number of nitrogens with zero attached hydrogens (tertiary/aromatic N) is 6. The minimum Gasteiger partial charge on any atom is -0.493 e. The van der Waals surface area contributed by atoms with Gasteiger partial charge in [0.25, 0.3) is 0 Å². The fourth-order valence-corrected chi connectivity index (χ4v) is 4.73. The quantitative estimate of drug-likeness (QED) is 0.330. The molecule has 10 nitrogen and oxygen atoms in total. The predicted molar refractivity (Wildman–Crippen MR) is 138 cm³/mol. The molecule has 1 aliphatic rings. The average molecular weight is 496 g/mol. The lowest BCUT2D eigenvalue weighted by Crippen LogP contribution is -2.16. The van der Waals surface area contributed by atoms with Crippen LogP contribution < -0.4 is 10.1 Å². The molecule has 37 heavy (non-hydrogen) atoms. The molecular formula is C27H25N7O3. The van der Waals surface area contributed by atoms with Gasteiger partial charge in [-0.15, -0.1) is 0 Å². The molecule has 4 aromatic heterocycles. The molecule has 0 unspecified atom stereocenters. The Morgan fingerprint density at radius 3 is 2.95 bits per heavy atom. The summed E-state index contributed by atoms with van der Waals surface area (Å²) in [5, 5.41) is 18.4. The lowest BCUT2D eigenvalue weighted by atomic mass is 10.1. The van der Waals surface area contributed by atoms with Crippen molar-refractivity contribution in [3.63, 3.8) is 0 Å². The first-order valence-electron chi connectivity index (χ1n) is 12.3. The average Bonchev–Trinajstić information content (AvgIpc) is 3.34. The lowest BCUT2D eigenvalue weighted by molar-refractivity contribution is -0.137. The van der Waals surface area contributed by atoms with Gasteiger partial charge in [-0.25, -0.2) is 9.97 Å². The van der Waals surface area contributed by atoms with Crippen LogP contribution in [0.4, 0.5) is 5.69 Å². The van der Waals surface area contributed by atoms with Gasteiger partial charge in [0.05, 0.1) is 42.2 Å². The molecule has 1 aliphatic heterocycles. The monoisotopic (exact) mass is 495 g/mol. The number of benzene rings is 1. The summed E-state index contributed by atoms with van der Waals surface area (Å²) in [7, 11) is 0. The zero-order valence-corrected chi connectivity index (χ0v) is 20.0. The Balaban J connectivity index is 1.21. The summed E-state index contributed by atoms with van der Waals surface area (Å²) in [4.78, 5) is 29.4. The van der Waals surface area contributed by atoms with Crippen molar-refractivity contribution in [1.29, 1.82) is 0 Å². The number of hydrogen-bond donors (Lipinski definition) is 2. The van der Waals surface area contributed by atoms with Crippen LogP contribution in [0.25, 0.3) is 22.1 Å². The number of ether oxygens (including phenoxy) is 1. The number of aryl methyl sites for hydroxylation is 1. The fourth-order valence-electron chi connectivity index (χ4n) is 4.73. The number of rotatable bonds is 8. The van der Waals surface area contributed by atoms with Crippen molar-refractivity contribution in [2.45, 2.75) is 31.7 Å². The lowest BCUT2D eigenvalue weighted by Gasteiger charge is -2.18. The Bertz CT molecular complexity index is 1600. The van der Waals surface area contributed by atoms with Gasteiger partial charge >= 0.3 is 5.97 Å². The summed E-state index contributed by atoms with van der Waals surface area (Å²) in [6.07, 6.45) is 9.20. The van der Waals surface area contributed by atoms with Crippen molar-refractivity contribution in [2.24, 2.45) is 0 Å². The van der Waals surface area contributed by atoms with Crippen LogP contribution >= 0.6 is 0 Å². The highest BCUT2D eigenvalue weighted by molar-refractivity contribution is 5.81. The number of carboxylic acids is 1. The van der Waals surface area contributed by atoms with Gasteiger partial charge in [0, 0.05) is 42.6 Å². The number of carboxylic acid groups (broad SMARTS) is 1. The topological polar surface area (TPSA) is 128 Å². The number of carbonyl (C=O) groups is 1. The van der Waals surface area contributed by atoms with E-state index in [0.717, 1.165) is 53.1 Å². The molecule has 0 aliphatic carbocycles. The van der Waals surface area contributed by atoms with Crippen molar-refractivity contribution >= 4 is 33.7 Å². The number of anilines is 1. The molecule has 0 saturated carbocycles. The second-order valence-corrected chi connectivity index (χ2v) is 9.02. The van der Waals surface area contributed by atoms with Gasteiger partial charge in [0.1, 0.15) is 11.3 Å². The first-order valence-corrected chi connectivity index (χ1v) is 12.3. The van der Waals surface area contributed by atoms with Crippen LogP contribution in [0.5, 0.6) is 5.75 Å². The Hall–Kier alpha value is -4.60. The van der Waals surface area contributed by atoms with Gasteiger partial charge in [-0.2, -0.15) is 5.10 Å². The third-order valence-electron chi connectivity index (χ3n) is 6.53. The second-order valence-electron chi connectivity index (χ2n) is 9.02. The highest BCUT2D eigenvalue weighted by Gasteiger charge is 2.22. The first kappa shape index (κ1) is 22.8. The summed E-state index contributed by atoms with van der Waals surface area (Å²) >= 11 is 0. The van der Waals surface area contributed by atoms with E-state index in [-0.39, 0.29) is 6.42 Å². The largest absolute Gasteiger partial charge is 0.493 e. The Morgan fingerprint density at radius 1 is 1.11 bits per heavy atom. The van der Waals surface area contributed by atoms with E-state index in [9.17, 15) is 9.90 Å². The maximum Gasteiger partial charge on any atom is 0.305 e. The SMILES string of the molecule is O=C(O)C[C@H](c1cnc2nccnc2c1)n1ncc2cc(OCCc3ccc4c(n3)CCCN4)ccc21. The van der Waals surface area contributed by atoms with Gasteiger partial charge < -0.3 is 15.2 Å². The van der Waals surface area contributed by atoms with E-state index in [2.05, 4.69) is 31.4 Å². The van der Waals surface area contributed by atoms with Crippen LogP contribution in [0, 0.1) is 0 Å². The predicted octanol–water partition coefficient (Wildman–Crippen LogP) is 3.81. The molecular weight excluding hydrogens is 470 g/mol. The summed E-state index contributed by atoms with van der Waals surface area (Å²) < 4.78 is 7.74. The van der Waals surface area contributed by atoms with E-state index >= 15 is 0 Å². The van der Waals surface area contributed by atoms with Crippen molar-refractivity contribution in [3.8, 4) is 5.75 Å². The highest BCUT2D eigenvalue weighted by atomic mass is 16.5. The Kier molecular flexibility index (Phi) is 6.05. The van der Waals surface area contributed by atoms with Crippen LogP contribution in [0.2, 0.25) is 0 Å². The summed E-state index contributed by atoms with van der Waals surface area (Å²) in [6, 6.07) is 11.1. The molecule has 1 atom stereocenters. The molecule has 2 N–H and O–H groups in total. The molecule has 0 bridgehead atoms. The van der Waals surface area contributed by atoms with Gasteiger partial charge in [0.15, 0.2) is 5.65 Å². The van der Waals surface area contributed by atoms with Crippen molar-refractivity contribution in [3.05, 3.63) is 78.1 Å². The van der Waals surface area contributed by atoms with E-state index in [1.807, 2.05) is 30.3 Å². The van der Waals surface area contributed by atoms with Crippen LogP contribution in [-0.4, -0.2) is 53.9 Å². The summed E-state index contributed by atoms with van der Waals surface area (Å²) in [5.41, 5.74) is 5.90. The Morgan fingerprint density at radius 2 is 2.03 bits per heavy atom. The summed E-state index contributed by atoms with van der Waals surface area (Å²) in [5.74, 6) is -0.205. The zero-order valence-electron chi connectivity index (χ0n) is 20.0. The molecule has 186 valence electrons. The minimum absolute atomic E-state index is 0.147. The number of nitrogens with one attached hydrogen (secondary N) is 1. The standard InChI is InChI=1S/C27H25N7O3/c35-26(36)14-25(18-13-23-27(31-15-18)30-10-9-29-23)34-24-6-4-20(12-17(24)16-32-34)37-11-7-19-3-5-21-22(33-19)2-1-8-28-21/h3-6,9-10,12-13,15-16,25,28H,1-2,7-8,11,14H2,(H,35,36)/t25-/m1/s1.